The van der Waals surface area contributed by atoms with Crippen LogP contribution in [0.15, 0.2) is 45.3 Å². The van der Waals surface area contributed by atoms with Crippen LogP contribution in [-0.2, 0) is 0 Å². The summed E-state index contributed by atoms with van der Waals surface area (Å²) in [5.74, 6) is -0.539. The number of thiol groups is 1. The molecule has 120 valence electrons. The Hall–Kier alpha value is -1.71. The van der Waals surface area contributed by atoms with Gasteiger partial charge in [0.2, 0.25) is 5.91 Å². The van der Waals surface area contributed by atoms with Gasteiger partial charge in [-0.05, 0) is 68.3 Å². The van der Waals surface area contributed by atoms with Crippen molar-refractivity contribution in [1.29, 1.82) is 0 Å². The van der Waals surface area contributed by atoms with Gasteiger partial charge in [0.25, 0.3) is 0 Å². The Kier molecular flexibility index (Phi) is 5.55. The summed E-state index contributed by atoms with van der Waals surface area (Å²) in [5.41, 5.74) is 12.9. The number of nitrogens with one attached hydrogen (secondary N) is 1. The van der Waals surface area contributed by atoms with E-state index in [1.165, 1.54) is 12.1 Å². The molecule has 0 aromatic heterocycles. The van der Waals surface area contributed by atoms with E-state index >= 15 is 0 Å². The summed E-state index contributed by atoms with van der Waals surface area (Å²) in [5, 5.41) is 2.69. The van der Waals surface area contributed by atoms with Gasteiger partial charge in [0.1, 0.15) is 0 Å². The second-order valence-electron chi connectivity index (χ2n) is 4.51. The van der Waals surface area contributed by atoms with E-state index in [0.29, 0.717) is 31.6 Å². The van der Waals surface area contributed by atoms with Gasteiger partial charge in [-0.15, -0.1) is 0 Å². The number of carbonyl (C=O) groups excluding carboxylic acids is 2. The maximum absolute atomic E-state index is 12.2. The van der Waals surface area contributed by atoms with Crippen molar-refractivity contribution >= 4 is 73.7 Å². The molecule has 3 amide bonds. The summed E-state index contributed by atoms with van der Waals surface area (Å²) in [6, 6.07) is 9.06. The lowest BCUT2D eigenvalue weighted by Crippen LogP contribution is -2.26. The zero-order chi connectivity index (χ0) is 17.1. The first-order valence-electron chi connectivity index (χ1n) is 6.24. The van der Waals surface area contributed by atoms with Gasteiger partial charge in [0.15, 0.2) is 0 Å². The molecule has 6 nitrogen and oxygen atoms in total. The third-order valence-electron chi connectivity index (χ3n) is 2.92. The van der Waals surface area contributed by atoms with Crippen LogP contribution in [0.5, 0.6) is 0 Å². The summed E-state index contributed by atoms with van der Waals surface area (Å²) in [6.45, 7) is 0. The van der Waals surface area contributed by atoms with Crippen molar-refractivity contribution in [2.75, 3.05) is 15.4 Å². The number of nitrogens with zero attached hydrogens (tertiary/aromatic N) is 1. The lowest BCUT2D eigenvalue weighted by Gasteiger charge is -2.17. The molecule has 0 unspecified atom stereocenters. The predicted molar refractivity (Wildman–Crippen MR) is 102 cm³/mol. The predicted octanol–water partition coefficient (Wildman–Crippen LogP) is 3.78. The van der Waals surface area contributed by atoms with Crippen LogP contribution < -0.4 is 21.1 Å². The zero-order valence-corrected chi connectivity index (χ0v) is 15.7. The molecule has 0 spiro atoms. The first-order chi connectivity index (χ1) is 10.8. The average molecular weight is 460 g/mol. The standard InChI is InChI=1S/C14H12Br2N4O2S/c15-10-5-8(6-11(16)12(10)17)19-14(22)20(23)9-3-1-7(2-4-9)13(18)21/h1-6,23H,17H2,(H2,18,21)(H,19,22). The number of nitrogens with two attached hydrogens (primary N) is 2. The van der Waals surface area contributed by atoms with Crippen LogP contribution in [0.1, 0.15) is 10.4 Å². The van der Waals surface area contributed by atoms with Gasteiger partial charge < -0.3 is 16.8 Å². The average Bonchev–Trinajstić information content (AvgIpc) is 2.51. The van der Waals surface area contributed by atoms with E-state index < -0.39 is 11.9 Å². The monoisotopic (exact) mass is 458 g/mol. The molecular weight excluding hydrogens is 448 g/mol. The van der Waals surface area contributed by atoms with Crippen LogP contribution in [0.2, 0.25) is 0 Å². The summed E-state index contributed by atoms with van der Waals surface area (Å²) >= 11 is 10.8. The molecule has 2 rings (SSSR count). The quantitative estimate of drug-likeness (QED) is 0.415. The van der Waals surface area contributed by atoms with E-state index in [2.05, 4.69) is 50.0 Å². The molecule has 0 aliphatic carbocycles. The van der Waals surface area contributed by atoms with Gasteiger partial charge in [-0.1, -0.05) is 12.8 Å². The normalized spacial score (nSPS) is 10.2. The number of hydrogen-bond acceptors (Lipinski definition) is 4. The van der Waals surface area contributed by atoms with E-state index in [1.807, 2.05) is 0 Å². The van der Waals surface area contributed by atoms with Crippen molar-refractivity contribution in [3.05, 3.63) is 50.9 Å². The highest BCUT2D eigenvalue weighted by molar-refractivity contribution is 9.11. The van der Waals surface area contributed by atoms with Gasteiger partial charge in [-0.3, -0.25) is 4.79 Å². The molecule has 23 heavy (non-hydrogen) atoms. The van der Waals surface area contributed by atoms with Crippen molar-refractivity contribution in [3.8, 4) is 0 Å². The molecule has 0 saturated heterocycles. The number of urea groups is 1. The number of carbonyl (C=O) groups is 2. The Morgan fingerprint density at radius 1 is 1.09 bits per heavy atom. The van der Waals surface area contributed by atoms with Gasteiger partial charge in [0.05, 0.1) is 11.4 Å². The molecular formula is C14H12Br2N4O2S. The van der Waals surface area contributed by atoms with Crippen LogP contribution in [0, 0.1) is 0 Å². The second kappa shape index (κ2) is 7.24. The van der Waals surface area contributed by atoms with Crippen LogP contribution in [0.25, 0.3) is 0 Å². The second-order valence-corrected chi connectivity index (χ2v) is 6.62. The molecule has 0 saturated carbocycles. The topological polar surface area (TPSA) is 101 Å². The number of anilines is 3. The lowest BCUT2D eigenvalue weighted by molar-refractivity contribution is 0.100. The van der Waals surface area contributed by atoms with Crippen LogP contribution in [-0.4, -0.2) is 11.9 Å². The maximum atomic E-state index is 12.2. The number of amides is 3. The fourth-order valence-corrected chi connectivity index (χ4v) is 3.09. The van der Waals surface area contributed by atoms with Crippen molar-refractivity contribution < 1.29 is 9.59 Å². The molecule has 0 aliphatic rings. The Balaban J connectivity index is 2.15. The summed E-state index contributed by atoms with van der Waals surface area (Å²) in [6.07, 6.45) is 0. The van der Waals surface area contributed by atoms with Gasteiger partial charge in [-0.25, -0.2) is 9.10 Å². The minimum Gasteiger partial charge on any atom is -0.397 e. The van der Waals surface area contributed by atoms with Crippen molar-refractivity contribution in [1.82, 2.24) is 0 Å². The minimum atomic E-state index is -0.539. The SMILES string of the molecule is NC(=O)c1ccc(N(S)C(=O)Nc2cc(Br)c(N)c(Br)c2)cc1. The zero-order valence-electron chi connectivity index (χ0n) is 11.6. The van der Waals surface area contributed by atoms with E-state index in [9.17, 15) is 9.59 Å². The highest BCUT2D eigenvalue weighted by Gasteiger charge is 2.14. The van der Waals surface area contributed by atoms with Crippen LogP contribution in [0.4, 0.5) is 21.9 Å². The largest absolute Gasteiger partial charge is 0.397 e. The number of nitrogen functional groups attached to an aromatic ring is 1. The minimum absolute atomic E-state index is 0.349. The Labute approximate surface area is 155 Å². The summed E-state index contributed by atoms with van der Waals surface area (Å²) in [4.78, 5) is 23.3. The first kappa shape index (κ1) is 17.6. The van der Waals surface area contributed by atoms with E-state index in [-0.39, 0.29) is 0 Å². The number of benzene rings is 2. The number of hydrogen-bond donors (Lipinski definition) is 4. The van der Waals surface area contributed by atoms with Crippen molar-refractivity contribution in [2.45, 2.75) is 0 Å². The Morgan fingerprint density at radius 3 is 2.09 bits per heavy atom. The maximum Gasteiger partial charge on any atom is 0.336 e. The van der Waals surface area contributed by atoms with E-state index in [0.717, 1.165) is 4.31 Å². The van der Waals surface area contributed by atoms with Gasteiger partial charge >= 0.3 is 6.03 Å². The number of primary amides is 1. The van der Waals surface area contributed by atoms with Crippen molar-refractivity contribution in [2.24, 2.45) is 5.73 Å². The fourth-order valence-electron chi connectivity index (χ4n) is 1.72. The molecule has 0 fully saturated rings. The summed E-state index contributed by atoms with van der Waals surface area (Å²) in [7, 11) is 0. The van der Waals surface area contributed by atoms with Gasteiger partial charge in [-0.2, -0.15) is 0 Å². The molecule has 0 heterocycles. The number of rotatable bonds is 3. The van der Waals surface area contributed by atoms with E-state index in [1.54, 1.807) is 24.3 Å². The highest BCUT2D eigenvalue weighted by atomic mass is 79.9. The molecule has 0 atom stereocenters. The molecule has 2 aromatic carbocycles. The van der Waals surface area contributed by atoms with Crippen LogP contribution >= 0.6 is 44.7 Å². The Bertz CT molecular complexity index is 745. The van der Waals surface area contributed by atoms with Crippen molar-refractivity contribution in [3.63, 3.8) is 0 Å². The summed E-state index contributed by atoms with van der Waals surface area (Å²) < 4.78 is 2.42. The molecule has 0 radical (unpaired) electrons. The lowest BCUT2D eigenvalue weighted by atomic mass is 10.2. The van der Waals surface area contributed by atoms with Crippen LogP contribution in [0.3, 0.4) is 0 Å². The molecule has 0 bridgehead atoms. The fraction of sp³-hybridized carbons (Fsp3) is 0. The smallest absolute Gasteiger partial charge is 0.336 e. The highest BCUT2D eigenvalue weighted by Crippen LogP contribution is 2.32. The molecule has 2 aromatic rings. The van der Waals surface area contributed by atoms with Gasteiger partial charge in [0, 0.05) is 20.2 Å². The number of halogens is 2. The molecule has 5 N–H and O–H groups in total. The van der Waals surface area contributed by atoms with E-state index in [4.69, 9.17) is 11.5 Å². The first-order valence-corrected chi connectivity index (χ1v) is 8.22. The third-order valence-corrected chi connectivity index (χ3v) is 4.64. The molecule has 9 heteroatoms. The molecule has 0 aliphatic heterocycles. The third kappa shape index (κ3) is 4.18. The Morgan fingerprint density at radius 2 is 1.61 bits per heavy atom.